The van der Waals surface area contributed by atoms with Gasteiger partial charge in [0.05, 0.1) is 11.3 Å². The lowest BCUT2D eigenvalue weighted by Crippen LogP contribution is -2.38. The SMILES string of the molecule is CCC1C=CC(O)C(C=C(C)C)OC(=O)C2(C)C=CC(=O)Nc3c2c(O)c2c(c(O)c(C)cc2c3O)C(=O)CC1. The van der Waals surface area contributed by atoms with E-state index in [9.17, 15) is 34.8 Å². The Morgan fingerprint density at radius 3 is 2.48 bits per heavy atom. The number of aromatic hydroxyl groups is 3. The molecule has 212 valence electrons. The van der Waals surface area contributed by atoms with Crippen molar-refractivity contribution >= 4 is 34.1 Å². The Labute approximate surface area is 232 Å². The van der Waals surface area contributed by atoms with Crippen molar-refractivity contribution in [3.8, 4) is 17.2 Å². The smallest absolute Gasteiger partial charge is 0.321 e. The summed E-state index contributed by atoms with van der Waals surface area (Å²) in [6.45, 7) is 8.47. The third kappa shape index (κ3) is 4.97. The maximum atomic E-state index is 13.9. The second-order valence-corrected chi connectivity index (χ2v) is 10.9. The number of phenolic OH excluding ortho intramolecular Hbond substituents is 3. The first-order valence-corrected chi connectivity index (χ1v) is 13.3. The minimum absolute atomic E-state index is 0.00305. The number of phenols is 3. The molecule has 9 heteroatoms. The van der Waals surface area contributed by atoms with Crippen LogP contribution in [0, 0.1) is 12.8 Å². The van der Waals surface area contributed by atoms with Crippen molar-refractivity contribution in [2.45, 2.75) is 71.5 Å². The monoisotopic (exact) mass is 549 g/mol. The van der Waals surface area contributed by atoms with Crippen LogP contribution < -0.4 is 5.32 Å². The molecule has 2 bridgehead atoms. The maximum absolute atomic E-state index is 13.9. The normalized spacial score (nSPS) is 25.1. The number of carbonyl (C=O) groups is 3. The number of aliphatic hydroxyl groups is 1. The number of benzene rings is 2. The van der Waals surface area contributed by atoms with Gasteiger partial charge in [0.2, 0.25) is 5.91 Å². The zero-order chi connectivity index (χ0) is 29.5. The summed E-state index contributed by atoms with van der Waals surface area (Å²) in [5, 5.41) is 47.6. The van der Waals surface area contributed by atoms with Gasteiger partial charge in [0.1, 0.15) is 34.9 Å². The fourth-order valence-electron chi connectivity index (χ4n) is 5.33. The maximum Gasteiger partial charge on any atom is 0.321 e. The van der Waals surface area contributed by atoms with Crippen LogP contribution in [0.25, 0.3) is 10.8 Å². The molecule has 2 aliphatic rings. The molecule has 2 aromatic rings. The fraction of sp³-hybridized carbons (Fsp3) is 0.387. The molecule has 0 spiro atoms. The highest BCUT2D eigenvalue weighted by atomic mass is 16.6. The van der Waals surface area contributed by atoms with E-state index in [1.165, 1.54) is 25.1 Å². The number of hydrogen-bond donors (Lipinski definition) is 5. The van der Waals surface area contributed by atoms with Crippen molar-refractivity contribution in [3.05, 3.63) is 58.7 Å². The topological polar surface area (TPSA) is 153 Å². The molecule has 9 nitrogen and oxygen atoms in total. The van der Waals surface area contributed by atoms with E-state index in [4.69, 9.17) is 4.74 Å². The first-order valence-electron chi connectivity index (χ1n) is 13.3. The second-order valence-electron chi connectivity index (χ2n) is 10.9. The highest BCUT2D eigenvalue weighted by Gasteiger charge is 2.44. The minimum Gasteiger partial charge on any atom is -0.507 e. The summed E-state index contributed by atoms with van der Waals surface area (Å²) in [5.74, 6) is -3.55. The lowest BCUT2D eigenvalue weighted by Gasteiger charge is -2.30. The van der Waals surface area contributed by atoms with Gasteiger partial charge < -0.3 is 30.5 Å². The third-order valence-electron chi connectivity index (χ3n) is 7.67. The quantitative estimate of drug-likeness (QED) is 0.155. The predicted octanol–water partition coefficient (Wildman–Crippen LogP) is 4.83. The molecule has 40 heavy (non-hydrogen) atoms. The average molecular weight is 550 g/mol. The zero-order valence-electron chi connectivity index (χ0n) is 23.2. The fourth-order valence-corrected chi connectivity index (χ4v) is 5.33. The van der Waals surface area contributed by atoms with E-state index in [1.54, 1.807) is 32.9 Å². The summed E-state index contributed by atoms with van der Waals surface area (Å²) in [5.41, 5.74) is -1.41. The van der Waals surface area contributed by atoms with E-state index < -0.39 is 46.8 Å². The molecule has 2 aliphatic heterocycles. The van der Waals surface area contributed by atoms with Gasteiger partial charge in [-0.2, -0.15) is 0 Å². The third-order valence-corrected chi connectivity index (χ3v) is 7.67. The lowest BCUT2D eigenvalue weighted by atomic mass is 9.78. The first-order chi connectivity index (χ1) is 18.8. The number of anilines is 1. The Kier molecular flexibility index (Phi) is 7.81. The van der Waals surface area contributed by atoms with Crippen LogP contribution >= 0.6 is 0 Å². The van der Waals surface area contributed by atoms with Crippen molar-refractivity contribution in [2.75, 3.05) is 5.32 Å². The molecule has 4 rings (SSSR count). The largest absolute Gasteiger partial charge is 0.507 e. The Hall–Kier alpha value is -4.11. The Balaban J connectivity index is 2.11. The number of Topliss-reactive ketones (excluding diaryl/α,β-unsaturated/α-hetero) is 1. The highest BCUT2D eigenvalue weighted by molar-refractivity contribution is 6.18. The van der Waals surface area contributed by atoms with Gasteiger partial charge in [0.25, 0.3) is 0 Å². The Bertz CT molecular complexity index is 1500. The molecule has 5 N–H and O–H groups in total. The number of ketones is 1. The summed E-state index contributed by atoms with van der Waals surface area (Å²) < 4.78 is 5.81. The van der Waals surface area contributed by atoms with Crippen molar-refractivity contribution in [1.29, 1.82) is 0 Å². The molecule has 0 aliphatic carbocycles. The van der Waals surface area contributed by atoms with E-state index >= 15 is 0 Å². The van der Waals surface area contributed by atoms with Crippen molar-refractivity contribution in [3.63, 3.8) is 0 Å². The van der Waals surface area contributed by atoms with Crippen LogP contribution in [0.4, 0.5) is 5.69 Å². The minimum atomic E-state index is -1.85. The number of rotatable bonds is 2. The van der Waals surface area contributed by atoms with Gasteiger partial charge in [0.15, 0.2) is 5.78 Å². The Morgan fingerprint density at radius 1 is 1.12 bits per heavy atom. The highest BCUT2D eigenvalue weighted by Crippen LogP contribution is 2.53. The molecular formula is C31H35NO8. The summed E-state index contributed by atoms with van der Waals surface area (Å²) in [6, 6.07) is 1.41. The number of amides is 1. The van der Waals surface area contributed by atoms with Gasteiger partial charge in [-0.1, -0.05) is 30.7 Å². The number of esters is 1. The zero-order valence-corrected chi connectivity index (χ0v) is 23.2. The Morgan fingerprint density at radius 2 is 1.82 bits per heavy atom. The first kappa shape index (κ1) is 28.9. The van der Waals surface area contributed by atoms with E-state index in [2.05, 4.69) is 5.32 Å². The standard InChI is InChI=1S/C31H35NO8/c1-6-17-7-9-19(33)21(13-15(2)3)40-30(39)31(5)12-11-22(35)32-26-25(31)29(38)23-18(28(26)37)14-16(4)27(36)24(23)20(34)10-8-17/h7,9,11-14,17,19,21,33,36-38H,6,8,10H2,1-5H3,(H,32,35). The van der Waals surface area contributed by atoms with Crippen molar-refractivity contribution < 1.29 is 39.5 Å². The molecule has 0 aromatic heterocycles. The molecule has 1 amide bonds. The lowest BCUT2D eigenvalue weighted by molar-refractivity contribution is -0.154. The molecule has 0 saturated carbocycles. The van der Waals surface area contributed by atoms with E-state index in [0.717, 1.165) is 11.6 Å². The van der Waals surface area contributed by atoms with E-state index in [0.29, 0.717) is 12.8 Å². The number of hydrogen-bond acceptors (Lipinski definition) is 8. The van der Waals surface area contributed by atoms with Gasteiger partial charge in [-0.15, -0.1) is 0 Å². The summed E-state index contributed by atoms with van der Waals surface area (Å²) >= 11 is 0. The second kappa shape index (κ2) is 10.8. The number of aliphatic hydroxyl groups excluding tert-OH is 1. The molecule has 4 atom stereocenters. The summed E-state index contributed by atoms with van der Waals surface area (Å²) in [7, 11) is 0. The van der Waals surface area contributed by atoms with Crippen LogP contribution in [0.3, 0.4) is 0 Å². The number of aryl methyl sites for hydroxylation is 1. The van der Waals surface area contributed by atoms with Gasteiger partial charge >= 0.3 is 5.97 Å². The van der Waals surface area contributed by atoms with Crippen LogP contribution in [0.2, 0.25) is 0 Å². The molecule has 0 radical (unpaired) electrons. The van der Waals surface area contributed by atoms with Gasteiger partial charge in [0, 0.05) is 28.8 Å². The number of ether oxygens (including phenoxy) is 1. The molecular weight excluding hydrogens is 514 g/mol. The van der Waals surface area contributed by atoms with Gasteiger partial charge in [-0.3, -0.25) is 14.4 Å². The van der Waals surface area contributed by atoms with Crippen molar-refractivity contribution in [2.24, 2.45) is 5.92 Å². The van der Waals surface area contributed by atoms with Crippen LogP contribution in [-0.4, -0.2) is 50.3 Å². The number of allylic oxidation sites excluding steroid dienone is 2. The number of nitrogens with one attached hydrogen (secondary N) is 1. The molecule has 0 fully saturated rings. The van der Waals surface area contributed by atoms with Crippen LogP contribution in [0.1, 0.15) is 68.4 Å². The number of cyclic esters (lactones) is 1. The van der Waals surface area contributed by atoms with Crippen LogP contribution in [0.15, 0.2) is 42.0 Å². The van der Waals surface area contributed by atoms with E-state index in [-0.39, 0.29) is 51.2 Å². The summed E-state index contributed by atoms with van der Waals surface area (Å²) in [6.07, 6.45) is 5.96. The van der Waals surface area contributed by atoms with Crippen LogP contribution in [-0.2, 0) is 19.7 Å². The van der Waals surface area contributed by atoms with Gasteiger partial charge in [-0.05, 0) is 64.2 Å². The predicted molar refractivity (Wildman–Crippen MR) is 151 cm³/mol. The van der Waals surface area contributed by atoms with Gasteiger partial charge in [-0.25, -0.2) is 0 Å². The van der Waals surface area contributed by atoms with Crippen molar-refractivity contribution in [1.82, 2.24) is 0 Å². The molecule has 2 heterocycles. The van der Waals surface area contributed by atoms with E-state index in [1.807, 2.05) is 6.92 Å². The average Bonchev–Trinajstić information content (AvgIpc) is 3.03. The number of carbonyl (C=O) groups excluding carboxylic acids is 3. The molecule has 2 aromatic carbocycles. The summed E-state index contributed by atoms with van der Waals surface area (Å²) in [4.78, 5) is 40.1. The molecule has 4 unspecified atom stereocenters. The molecule has 0 saturated heterocycles. The van der Waals surface area contributed by atoms with Crippen LogP contribution in [0.5, 0.6) is 17.2 Å².